The largest absolute Gasteiger partial charge is 0.383 e. The van der Waals surface area contributed by atoms with Gasteiger partial charge in [-0.3, -0.25) is 4.68 Å². The second-order valence-corrected chi connectivity index (χ2v) is 5.07. The monoisotopic (exact) mass is 287 g/mol. The lowest BCUT2D eigenvalue weighted by molar-refractivity contribution is 0.202. The summed E-state index contributed by atoms with van der Waals surface area (Å²) in [5, 5.41) is 4.51. The van der Waals surface area contributed by atoms with E-state index in [9.17, 15) is 0 Å². The molecule has 0 fully saturated rings. The number of hydrogen-bond acceptors (Lipinski definition) is 3. The van der Waals surface area contributed by atoms with Gasteiger partial charge in [0.25, 0.3) is 0 Å². The molecule has 4 nitrogen and oxygen atoms in total. The van der Waals surface area contributed by atoms with Crippen molar-refractivity contribution < 1.29 is 4.74 Å². The minimum absolute atomic E-state index is 0.493. The van der Waals surface area contributed by atoms with Crippen LogP contribution in [0.3, 0.4) is 0 Å². The Morgan fingerprint density at radius 3 is 2.47 bits per heavy atom. The molecule has 0 aliphatic carbocycles. The van der Waals surface area contributed by atoms with Crippen molar-refractivity contribution in [2.24, 2.45) is 7.05 Å². The Morgan fingerprint density at radius 2 is 2.00 bits per heavy atom. The number of aromatic nitrogens is 2. The molecular weight excluding hydrogens is 262 g/mol. The van der Waals surface area contributed by atoms with E-state index < -0.39 is 0 Å². The summed E-state index contributed by atoms with van der Waals surface area (Å²) in [6.45, 7) is 8.03. The van der Waals surface area contributed by atoms with Crippen LogP contribution in [0, 0.1) is 6.92 Å². The van der Waals surface area contributed by atoms with Gasteiger partial charge in [0.05, 0.1) is 18.2 Å². The molecule has 0 spiro atoms. The van der Waals surface area contributed by atoms with Crippen LogP contribution in [-0.2, 0) is 17.7 Å². The van der Waals surface area contributed by atoms with Crippen LogP contribution in [0.15, 0.2) is 0 Å². The Hall–Kier alpha value is -0.740. The zero-order valence-corrected chi connectivity index (χ0v) is 13.5. The minimum atomic E-state index is 0.493. The van der Waals surface area contributed by atoms with Crippen LogP contribution in [0.25, 0.3) is 0 Å². The topological polar surface area (TPSA) is 30.3 Å². The summed E-state index contributed by atoms with van der Waals surface area (Å²) in [7, 11) is 3.72. The SMILES string of the molecule is CCC(CC)N(CCOC)c1c(CCl)c(C)nn1C. The van der Waals surface area contributed by atoms with Crippen LogP contribution >= 0.6 is 11.6 Å². The Bertz CT molecular complexity index is 388. The quantitative estimate of drug-likeness (QED) is 0.688. The van der Waals surface area contributed by atoms with Gasteiger partial charge in [-0.25, -0.2) is 0 Å². The molecule has 0 saturated carbocycles. The first-order chi connectivity index (χ1) is 9.10. The van der Waals surface area contributed by atoms with E-state index in [-0.39, 0.29) is 0 Å². The molecule has 0 saturated heterocycles. The van der Waals surface area contributed by atoms with Gasteiger partial charge in [0.2, 0.25) is 0 Å². The zero-order valence-electron chi connectivity index (χ0n) is 12.7. The number of ether oxygens (including phenoxy) is 1. The molecule has 1 heterocycles. The lowest BCUT2D eigenvalue weighted by Gasteiger charge is -2.33. The third-order valence-electron chi connectivity index (χ3n) is 3.64. The summed E-state index contributed by atoms with van der Waals surface area (Å²) in [6.07, 6.45) is 2.21. The van der Waals surface area contributed by atoms with E-state index in [0.29, 0.717) is 18.5 Å². The first-order valence-electron chi connectivity index (χ1n) is 6.94. The third kappa shape index (κ3) is 3.63. The van der Waals surface area contributed by atoms with Crippen molar-refractivity contribution in [3.8, 4) is 0 Å². The zero-order chi connectivity index (χ0) is 14.4. The highest BCUT2D eigenvalue weighted by atomic mass is 35.5. The minimum Gasteiger partial charge on any atom is -0.383 e. The summed E-state index contributed by atoms with van der Waals surface area (Å²) in [6, 6.07) is 0.493. The highest BCUT2D eigenvalue weighted by Gasteiger charge is 2.23. The highest BCUT2D eigenvalue weighted by molar-refractivity contribution is 6.17. The van der Waals surface area contributed by atoms with Crippen molar-refractivity contribution in [2.75, 3.05) is 25.2 Å². The maximum absolute atomic E-state index is 6.11. The Labute approximate surface area is 121 Å². The molecule has 1 aromatic rings. The number of rotatable bonds is 8. The predicted molar refractivity (Wildman–Crippen MR) is 81.1 cm³/mol. The molecule has 110 valence electrons. The fourth-order valence-corrected chi connectivity index (χ4v) is 2.90. The summed E-state index contributed by atoms with van der Waals surface area (Å²) >= 11 is 6.11. The van der Waals surface area contributed by atoms with E-state index >= 15 is 0 Å². The number of alkyl halides is 1. The summed E-state index contributed by atoms with van der Waals surface area (Å²) in [5.41, 5.74) is 2.15. The average Bonchev–Trinajstić information content (AvgIpc) is 2.68. The summed E-state index contributed by atoms with van der Waals surface area (Å²) in [4.78, 5) is 2.39. The molecule has 0 bridgehead atoms. The van der Waals surface area contributed by atoms with Crippen molar-refractivity contribution in [2.45, 2.75) is 45.5 Å². The van der Waals surface area contributed by atoms with Gasteiger partial charge in [0, 0.05) is 32.3 Å². The number of nitrogens with zero attached hydrogens (tertiary/aromatic N) is 3. The van der Waals surface area contributed by atoms with Crippen LogP contribution in [-0.4, -0.2) is 36.1 Å². The lowest BCUT2D eigenvalue weighted by atomic mass is 10.1. The molecule has 1 rings (SSSR count). The van der Waals surface area contributed by atoms with Gasteiger partial charge in [-0.15, -0.1) is 11.6 Å². The van der Waals surface area contributed by atoms with E-state index in [0.717, 1.165) is 36.5 Å². The smallest absolute Gasteiger partial charge is 0.131 e. The molecular formula is C14H26ClN3O. The van der Waals surface area contributed by atoms with Gasteiger partial charge < -0.3 is 9.64 Å². The Morgan fingerprint density at radius 1 is 1.37 bits per heavy atom. The molecule has 0 atom stereocenters. The molecule has 0 aliphatic rings. The first-order valence-corrected chi connectivity index (χ1v) is 7.48. The van der Waals surface area contributed by atoms with Crippen LogP contribution in [0.1, 0.15) is 37.9 Å². The van der Waals surface area contributed by atoms with Crippen molar-refractivity contribution >= 4 is 17.4 Å². The number of halogens is 1. The lowest BCUT2D eigenvalue weighted by Crippen LogP contribution is -2.39. The first kappa shape index (κ1) is 16.3. The van der Waals surface area contributed by atoms with Crippen molar-refractivity contribution in [1.29, 1.82) is 0 Å². The highest BCUT2D eigenvalue weighted by Crippen LogP contribution is 2.28. The van der Waals surface area contributed by atoms with E-state index in [1.165, 1.54) is 0 Å². The Balaban J connectivity index is 3.15. The molecule has 0 radical (unpaired) electrons. The van der Waals surface area contributed by atoms with Gasteiger partial charge in [-0.05, 0) is 19.8 Å². The van der Waals surface area contributed by atoms with Gasteiger partial charge in [0.15, 0.2) is 0 Å². The molecule has 5 heteroatoms. The fraction of sp³-hybridized carbons (Fsp3) is 0.786. The van der Waals surface area contributed by atoms with Crippen molar-refractivity contribution in [3.63, 3.8) is 0 Å². The molecule has 0 amide bonds. The maximum atomic E-state index is 6.11. The molecule has 0 aliphatic heterocycles. The van der Waals surface area contributed by atoms with Crippen LogP contribution in [0.5, 0.6) is 0 Å². The number of hydrogen-bond donors (Lipinski definition) is 0. The molecule has 0 N–H and O–H groups in total. The number of anilines is 1. The standard InChI is InChI=1S/C14H26ClN3O/c1-6-12(7-2)18(8-9-19-5)14-13(10-15)11(3)16-17(14)4/h12H,6-10H2,1-5H3. The third-order valence-corrected chi connectivity index (χ3v) is 3.91. The van der Waals surface area contributed by atoms with Gasteiger partial charge in [0.1, 0.15) is 5.82 Å². The van der Waals surface area contributed by atoms with Crippen molar-refractivity contribution in [1.82, 2.24) is 9.78 Å². The summed E-state index contributed by atoms with van der Waals surface area (Å²) in [5.74, 6) is 1.64. The normalized spacial score (nSPS) is 11.3. The van der Waals surface area contributed by atoms with E-state index in [1.807, 2.05) is 18.7 Å². The summed E-state index contributed by atoms with van der Waals surface area (Å²) < 4.78 is 7.19. The van der Waals surface area contributed by atoms with E-state index in [1.54, 1.807) is 7.11 Å². The van der Waals surface area contributed by atoms with Gasteiger partial charge in [-0.1, -0.05) is 13.8 Å². The average molecular weight is 288 g/mol. The molecule has 0 aromatic carbocycles. The van der Waals surface area contributed by atoms with E-state index in [2.05, 4.69) is 23.8 Å². The Kier molecular flexibility index (Phi) is 6.66. The fourth-order valence-electron chi connectivity index (χ4n) is 2.59. The predicted octanol–water partition coefficient (Wildman–Crippen LogP) is 3.11. The number of methoxy groups -OCH3 is 1. The maximum Gasteiger partial charge on any atom is 0.131 e. The van der Waals surface area contributed by atoms with Gasteiger partial charge >= 0.3 is 0 Å². The van der Waals surface area contributed by atoms with E-state index in [4.69, 9.17) is 16.3 Å². The van der Waals surface area contributed by atoms with Crippen LogP contribution < -0.4 is 4.90 Å². The van der Waals surface area contributed by atoms with Gasteiger partial charge in [-0.2, -0.15) is 5.10 Å². The second-order valence-electron chi connectivity index (χ2n) is 4.80. The second kappa shape index (κ2) is 7.75. The van der Waals surface area contributed by atoms with Crippen LogP contribution in [0.4, 0.5) is 5.82 Å². The molecule has 1 aromatic heterocycles. The molecule has 0 unspecified atom stereocenters. The number of aryl methyl sites for hydroxylation is 2. The molecule has 19 heavy (non-hydrogen) atoms. The van der Waals surface area contributed by atoms with Crippen LogP contribution in [0.2, 0.25) is 0 Å². The van der Waals surface area contributed by atoms with Crippen molar-refractivity contribution in [3.05, 3.63) is 11.3 Å².